The van der Waals surface area contributed by atoms with Crippen LogP contribution in [0.3, 0.4) is 0 Å². The lowest BCUT2D eigenvalue weighted by Gasteiger charge is -2.21. The van der Waals surface area contributed by atoms with Crippen molar-refractivity contribution in [2.24, 2.45) is 5.92 Å². The van der Waals surface area contributed by atoms with Crippen molar-refractivity contribution in [2.45, 2.75) is 39.0 Å². The third-order valence-electron chi connectivity index (χ3n) is 3.71. The average Bonchev–Trinajstić information content (AvgIpc) is 2.48. The number of nitriles is 1. The highest BCUT2D eigenvalue weighted by Gasteiger charge is 2.15. The molecule has 1 aromatic rings. The van der Waals surface area contributed by atoms with E-state index in [2.05, 4.69) is 6.07 Å². The summed E-state index contributed by atoms with van der Waals surface area (Å²) in [7, 11) is 0. The largest absolute Gasteiger partial charge is 0.490 e. The quantitative estimate of drug-likeness (QED) is 0.744. The highest BCUT2D eigenvalue weighted by atomic mass is 19.1. The van der Waals surface area contributed by atoms with Crippen molar-refractivity contribution in [1.82, 2.24) is 0 Å². The van der Waals surface area contributed by atoms with E-state index in [1.807, 2.05) is 0 Å². The average molecular weight is 273 g/mol. The van der Waals surface area contributed by atoms with Crippen LogP contribution in [0.2, 0.25) is 0 Å². The first-order chi connectivity index (χ1) is 9.69. The zero-order chi connectivity index (χ0) is 14.4. The first-order valence-corrected chi connectivity index (χ1v) is 7.20. The number of ether oxygens (including phenoxy) is 1. The molecule has 0 aliphatic heterocycles. The summed E-state index contributed by atoms with van der Waals surface area (Å²) in [4.78, 5) is 0. The molecular formula is C17H20FNO. The molecule has 1 aliphatic rings. The molecule has 0 spiro atoms. The molecule has 0 bridgehead atoms. The molecule has 1 aromatic carbocycles. The van der Waals surface area contributed by atoms with E-state index >= 15 is 0 Å². The number of hydrogen-bond donors (Lipinski definition) is 0. The van der Waals surface area contributed by atoms with Gasteiger partial charge in [-0.05, 0) is 49.5 Å². The highest BCUT2D eigenvalue weighted by Crippen LogP contribution is 2.26. The van der Waals surface area contributed by atoms with E-state index < -0.39 is 0 Å². The van der Waals surface area contributed by atoms with Crippen LogP contribution in [0.15, 0.2) is 23.8 Å². The van der Waals surface area contributed by atoms with Crippen LogP contribution in [0.25, 0.3) is 6.08 Å². The Kier molecular flexibility index (Phi) is 5.17. The topological polar surface area (TPSA) is 33.0 Å². The smallest absolute Gasteiger partial charge is 0.165 e. The zero-order valence-corrected chi connectivity index (χ0v) is 11.9. The Balaban J connectivity index is 2.03. The van der Waals surface area contributed by atoms with E-state index in [1.54, 1.807) is 25.1 Å². The van der Waals surface area contributed by atoms with Crippen LogP contribution < -0.4 is 4.74 Å². The second kappa shape index (κ2) is 7.09. The summed E-state index contributed by atoms with van der Waals surface area (Å²) in [6.07, 6.45) is 7.89. The second-order valence-corrected chi connectivity index (χ2v) is 5.44. The normalized spacial score (nSPS) is 16.8. The van der Waals surface area contributed by atoms with Gasteiger partial charge in [0.25, 0.3) is 0 Å². The van der Waals surface area contributed by atoms with Crippen LogP contribution in [0.1, 0.15) is 44.6 Å². The molecule has 0 amide bonds. The minimum absolute atomic E-state index is 0.287. The fraction of sp³-hybridized carbons (Fsp3) is 0.471. The van der Waals surface area contributed by atoms with E-state index in [1.165, 1.54) is 38.2 Å². The van der Waals surface area contributed by atoms with E-state index in [-0.39, 0.29) is 11.6 Å². The summed E-state index contributed by atoms with van der Waals surface area (Å²) in [5.74, 6) is 0.492. The molecule has 0 saturated heterocycles. The molecule has 1 fully saturated rings. The Hall–Kier alpha value is -1.82. The zero-order valence-electron chi connectivity index (χ0n) is 11.9. The summed E-state index contributed by atoms with van der Waals surface area (Å²) < 4.78 is 19.4. The monoisotopic (exact) mass is 273 g/mol. The van der Waals surface area contributed by atoms with Crippen LogP contribution in [-0.2, 0) is 0 Å². The summed E-state index contributed by atoms with van der Waals surface area (Å²) in [5.41, 5.74) is 1.39. The fourth-order valence-electron chi connectivity index (χ4n) is 2.56. The van der Waals surface area contributed by atoms with Gasteiger partial charge in [-0.1, -0.05) is 25.3 Å². The number of rotatable bonds is 4. The lowest BCUT2D eigenvalue weighted by Crippen LogP contribution is -2.15. The van der Waals surface area contributed by atoms with Gasteiger partial charge in [-0.3, -0.25) is 0 Å². The summed E-state index contributed by atoms with van der Waals surface area (Å²) >= 11 is 0. The number of nitrogens with zero attached hydrogens (tertiary/aromatic N) is 1. The van der Waals surface area contributed by atoms with E-state index in [0.717, 1.165) is 5.56 Å². The van der Waals surface area contributed by atoms with Crippen LogP contribution in [0.4, 0.5) is 4.39 Å². The first-order valence-electron chi connectivity index (χ1n) is 7.20. The van der Waals surface area contributed by atoms with Gasteiger partial charge in [0.2, 0.25) is 0 Å². The van der Waals surface area contributed by atoms with Crippen molar-refractivity contribution < 1.29 is 9.13 Å². The van der Waals surface area contributed by atoms with Gasteiger partial charge in [-0.25, -0.2) is 4.39 Å². The van der Waals surface area contributed by atoms with Crippen molar-refractivity contribution >= 4 is 6.08 Å². The molecule has 0 radical (unpaired) electrons. The molecule has 0 N–H and O–H groups in total. The minimum atomic E-state index is -0.340. The molecule has 106 valence electrons. The van der Waals surface area contributed by atoms with Gasteiger partial charge < -0.3 is 4.74 Å². The van der Waals surface area contributed by atoms with Gasteiger partial charge in [0, 0.05) is 5.57 Å². The molecule has 0 aromatic heterocycles. The van der Waals surface area contributed by atoms with Crippen LogP contribution in [0.5, 0.6) is 5.75 Å². The van der Waals surface area contributed by atoms with Crippen molar-refractivity contribution in [1.29, 1.82) is 5.26 Å². The van der Waals surface area contributed by atoms with Crippen molar-refractivity contribution in [2.75, 3.05) is 6.61 Å². The van der Waals surface area contributed by atoms with E-state index in [0.29, 0.717) is 18.1 Å². The lowest BCUT2D eigenvalue weighted by molar-refractivity contribution is 0.202. The second-order valence-electron chi connectivity index (χ2n) is 5.44. The molecule has 20 heavy (non-hydrogen) atoms. The Bertz CT molecular complexity index is 524. The maximum atomic E-state index is 13.7. The molecule has 3 heteroatoms. The minimum Gasteiger partial charge on any atom is -0.490 e. The maximum absolute atomic E-state index is 13.7. The first kappa shape index (κ1) is 14.6. The van der Waals surface area contributed by atoms with E-state index in [9.17, 15) is 4.39 Å². The summed E-state index contributed by atoms with van der Waals surface area (Å²) in [6, 6.07) is 6.78. The van der Waals surface area contributed by atoms with Gasteiger partial charge >= 0.3 is 0 Å². The van der Waals surface area contributed by atoms with Gasteiger partial charge in [0.1, 0.15) is 0 Å². The fourth-order valence-corrected chi connectivity index (χ4v) is 2.56. The number of allylic oxidation sites excluding steroid dienone is 1. The molecular weight excluding hydrogens is 253 g/mol. The molecule has 0 unspecified atom stereocenters. The number of halogens is 1. The predicted molar refractivity (Wildman–Crippen MR) is 77.7 cm³/mol. The summed E-state index contributed by atoms with van der Waals surface area (Å²) in [5, 5.41) is 8.77. The Morgan fingerprint density at radius 3 is 2.85 bits per heavy atom. The van der Waals surface area contributed by atoms with Gasteiger partial charge in [0.15, 0.2) is 11.6 Å². The molecule has 1 saturated carbocycles. The molecule has 2 rings (SSSR count). The maximum Gasteiger partial charge on any atom is 0.165 e. The molecule has 0 heterocycles. The number of benzene rings is 1. The van der Waals surface area contributed by atoms with Gasteiger partial charge in [-0.15, -0.1) is 0 Å². The molecule has 2 nitrogen and oxygen atoms in total. The highest BCUT2D eigenvalue weighted by molar-refractivity contribution is 5.57. The SMILES string of the molecule is CC(C#N)=Cc1ccc(F)c(OCC2CCCCC2)c1. The molecule has 1 aliphatic carbocycles. The van der Waals surface area contributed by atoms with Crippen LogP contribution in [0, 0.1) is 23.1 Å². The Morgan fingerprint density at radius 2 is 2.15 bits per heavy atom. The van der Waals surface area contributed by atoms with E-state index in [4.69, 9.17) is 10.00 Å². The Morgan fingerprint density at radius 1 is 1.40 bits per heavy atom. The number of hydrogen-bond acceptors (Lipinski definition) is 2. The predicted octanol–water partition coefficient (Wildman–Crippen LogP) is 4.71. The standard InChI is InChI=1S/C17H20FNO/c1-13(11-19)9-15-7-8-16(18)17(10-15)20-12-14-5-3-2-4-6-14/h7-10,14H,2-6,12H2,1H3. The van der Waals surface area contributed by atoms with Gasteiger partial charge in [-0.2, -0.15) is 5.26 Å². The van der Waals surface area contributed by atoms with Gasteiger partial charge in [0.05, 0.1) is 12.7 Å². The summed E-state index contributed by atoms with van der Waals surface area (Å²) in [6.45, 7) is 2.31. The Labute approximate surface area is 119 Å². The third kappa shape index (κ3) is 4.09. The van der Waals surface area contributed by atoms with Crippen LogP contribution in [-0.4, -0.2) is 6.61 Å². The van der Waals surface area contributed by atoms with Crippen molar-refractivity contribution in [3.63, 3.8) is 0 Å². The van der Waals surface area contributed by atoms with Crippen molar-refractivity contribution in [3.05, 3.63) is 35.2 Å². The molecule has 0 atom stereocenters. The lowest BCUT2D eigenvalue weighted by atomic mass is 9.90. The third-order valence-corrected chi connectivity index (χ3v) is 3.71. The van der Waals surface area contributed by atoms with Crippen LogP contribution >= 0.6 is 0 Å². The van der Waals surface area contributed by atoms with Crippen molar-refractivity contribution in [3.8, 4) is 11.8 Å².